The number of carbonyl (C=O) groups is 3. The Morgan fingerprint density at radius 1 is 0.880 bits per heavy atom. The van der Waals surface area contributed by atoms with E-state index >= 15 is 0 Å². The van der Waals surface area contributed by atoms with Gasteiger partial charge in [-0.1, -0.05) is 24.3 Å². The highest BCUT2D eigenvalue weighted by atomic mass is 16.2. The number of anilines is 1. The molecule has 2 aromatic rings. The molecule has 1 saturated carbocycles. The van der Waals surface area contributed by atoms with Crippen LogP contribution in [0.15, 0.2) is 54.6 Å². The molecule has 1 aliphatic carbocycles. The van der Waals surface area contributed by atoms with Crippen molar-refractivity contribution in [3.8, 4) is 0 Å². The molecule has 3 N–H and O–H groups in total. The summed E-state index contributed by atoms with van der Waals surface area (Å²) >= 11 is 0. The van der Waals surface area contributed by atoms with Gasteiger partial charge in [0.15, 0.2) is 0 Å². The van der Waals surface area contributed by atoms with Gasteiger partial charge >= 0.3 is 0 Å². The van der Waals surface area contributed by atoms with Crippen LogP contribution >= 0.6 is 0 Å². The van der Waals surface area contributed by atoms with Crippen molar-refractivity contribution in [2.24, 2.45) is 0 Å². The van der Waals surface area contributed by atoms with Crippen molar-refractivity contribution in [3.63, 3.8) is 0 Å². The van der Waals surface area contributed by atoms with Gasteiger partial charge in [-0.05, 0) is 43.2 Å². The molecule has 0 unspecified atom stereocenters. The van der Waals surface area contributed by atoms with Gasteiger partial charge in [0.05, 0.1) is 6.54 Å². The predicted molar refractivity (Wildman–Crippen MR) is 94.3 cm³/mol. The Hall–Kier alpha value is -3.15. The SMILES string of the molecule is O=C(CNC(=O)c1ccccc1)Nc1cccc(C(=O)NC2CC2)c1. The molecule has 0 saturated heterocycles. The lowest BCUT2D eigenvalue weighted by molar-refractivity contribution is -0.115. The van der Waals surface area contributed by atoms with Gasteiger partial charge in [0, 0.05) is 22.9 Å². The van der Waals surface area contributed by atoms with Gasteiger partial charge in [0.1, 0.15) is 0 Å². The first-order chi connectivity index (χ1) is 12.1. The molecular weight excluding hydrogens is 318 g/mol. The van der Waals surface area contributed by atoms with Gasteiger partial charge in [0.2, 0.25) is 5.91 Å². The highest BCUT2D eigenvalue weighted by Crippen LogP contribution is 2.20. The van der Waals surface area contributed by atoms with E-state index in [9.17, 15) is 14.4 Å². The standard InChI is InChI=1S/C19H19N3O3/c23-17(12-20-18(24)13-5-2-1-3-6-13)21-16-8-4-7-14(11-16)19(25)22-15-9-10-15/h1-8,11,15H,9-10,12H2,(H,20,24)(H,21,23)(H,22,25). The molecule has 0 aliphatic heterocycles. The second-order valence-corrected chi connectivity index (χ2v) is 5.93. The van der Waals surface area contributed by atoms with Crippen LogP contribution in [-0.4, -0.2) is 30.3 Å². The number of benzene rings is 2. The van der Waals surface area contributed by atoms with E-state index < -0.39 is 0 Å². The minimum absolute atomic E-state index is 0.143. The minimum Gasteiger partial charge on any atom is -0.349 e. The fraction of sp³-hybridized carbons (Fsp3) is 0.211. The number of nitrogens with one attached hydrogen (secondary N) is 3. The molecule has 3 rings (SSSR count). The van der Waals surface area contributed by atoms with Gasteiger partial charge in [-0.25, -0.2) is 0 Å². The Bertz CT molecular complexity index is 786. The number of hydrogen-bond donors (Lipinski definition) is 3. The lowest BCUT2D eigenvalue weighted by Crippen LogP contribution is -2.32. The van der Waals surface area contributed by atoms with Crippen molar-refractivity contribution in [2.45, 2.75) is 18.9 Å². The summed E-state index contributed by atoms with van der Waals surface area (Å²) < 4.78 is 0. The highest BCUT2D eigenvalue weighted by molar-refractivity contribution is 6.00. The van der Waals surface area contributed by atoms with Gasteiger partial charge in [-0.3, -0.25) is 14.4 Å². The maximum Gasteiger partial charge on any atom is 0.251 e. The third-order valence-corrected chi connectivity index (χ3v) is 3.77. The molecule has 6 nitrogen and oxygen atoms in total. The summed E-state index contributed by atoms with van der Waals surface area (Å²) in [6, 6.07) is 15.7. The largest absolute Gasteiger partial charge is 0.349 e. The van der Waals surface area contributed by atoms with Crippen molar-refractivity contribution in [3.05, 3.63) is 65.7 Å². The molecule has 6 heteroatoms. The molecule has 0 spiro atoms. The molecule has 0 bridgehead atoms. The Kier molecular flexibility index (Phi) is 5.09. The van der Waals surface area contributed by atoms with Crippen molar-refractivity contribution in [1.29, 1.82) is 0 Å². The Balaban J connectivity index is 1.52. The smallest absolute Gasteiger partial charge is 0.251 e. The van der Waals surface area contributed by atoms with Crippen LogP contribution in [0.2, 0.25) is 0 Å². The lowest BCUT2D eigenvalue weighted by atomic mass is 10.2. The van der Waals surface area contributed by atoms with Crippen LogP contribution in [0.1, 0.15) is 33.6 Å². The van der Waals surface area contributed by atoms with Crippen molar-refractivity contribution >= 4 is 23.4 Å². The molecule has 0 heterocycles. The predicted octanol–water partition coefficient (Wildman–Crippen LogP) is 1.95. The molecule has 2 aromatic carbocycles. The Morgan fingerprint density at radius 2 is 1.60 bits per heavy atom. The first kappa shape index (κ1) is 16.7. The third-order valence-electron chi connectivity index (χ3n) is 3.77. The molecule has 1 aliphatic rings. The quantitative estimate of drug-likeness (QED) is 0.753. The highest BCUT2D eigenvalue weighted by Gasteiger charge is 2.23. The van der Waals surface area contributed by atoms with Crippen molar-refractivity contribution < 1.29 is 14.4 Å². The van der Waals surface area contributed by atoms with Crippen molar-refractivity contribution in [1.82, 2.24) is 10.6 Å². The number of amides is 3. The van der Waals surface area contributed by atoms with Gasteiger partial charge in [0.25, 0.3) is 11.8 Å². The zero-order valence-corrected chi connectivity index (χ0v) is 13.6. The summed E-state index contributed by atoms with van der Waals surface area (Å²) in [7, 11) is 0. The maximum absolute atomic E-state index is 12.0. The summed E-state index contributed by atoms with van der Waals surface area (Å²) in [6.07, 6.45) is 2.03. The van der Waals surface area contributed by atoms with Gasteiger partial charge < -0.3 is 16.0 Å². The lowest BCUT2D eigenvalue weighted by Gasteiger charge is -2.09. The van der Waals surface area contributed by atoms with E-state index in [0.29, 0.717) is 16.8 Å². The van der Waals surface area contributed by atoms with Crippen LogP contribution in [0.25, 0.3) is 0 Å². The molecule has 0 radical (unpaired) electrons. The molecule has 128 valence electrons. The number of hydrogen-bond acceptors (Lipinski definition) is 3. The second-order valence-electron chi connectivity index (χ2n) is 5.93. The summed E-state index contributed by atoms with van der Waals surface area (Å²) in [6.45, 7) is -0.147. The van der Waals surface area contributed by atoms with E-state index in [2.05, 4.69) is 16.0 Å². The van der Waals surface area contributed by atoms with Crippen LogP contribution in [0, 0.1) is 0 Å². The van der Waals surface area contributed by atoms with E-state index in [1.165, 1.54) is 0 Å². The third kappa shape index (κ3) is 4.91. The summed E-state index contributed by atoms with van der Waals surface area (Å²) in [5.74, 6) is -0.812. The first-order valence-electron chi connectivity index (χ1n) is 8.16. The van der Waals surface area contributed by atoms with E-state index in [-0.39, 0.29) is 30.3 Å². The minimum atomic E-state index is -0.357. The molecule has 3 amide bonds. The van der Waals surface area contributed by atoms with Crippen LogP contribution in [0.5, 0.6) is 0 Å². The topological polar surface area (TPSA) is 87.3 Å². The zero-order valence-electron chi connectivity index (χ0n) is 13.6. The zero-order chi connectivity index (χ0) is 17.6. The summed E-state index contributed by atoms with van der Waals surface area (Å²) in [4.78, 5) is 35.9. The maximum atomic E-state index is 12.0. The first-order valence-corrected chi connectivity index (χ1v) is 8.16. The van der Waals surface area contributed by atoms with Crippen LogP contribution < -0.4 is 16.0 Å². The fourth-order valence-electron chi connectivity index (χ4n) is 2.29. The van der Waals surface area contributed by atoms with E-state index in [1.807, 2.05) is 6.07 Å². The average Bonchev–Trinajstić information content (AvgIpc) is 3.44. The molecule has 1 fully saturated rings. The van der Waals surface area contributed by atoms with Gasteiger partial charge in [-0.15, -0.1) is 0 Å². The monoisotopic (exact) mass is 337 g/mol. The van der Waals surface area contributed by atoms with Crippen LogP contribution in [0.4, 0.5) is 5.69 Å². The molecule has 0 aromatic heterocycles. The summed E-state index contributed by atoms with van der Waals surface area (Å²) in [5.41, 5.74) is 1.51. The fourth-order valence-corrected chi connectivity index (χ4v) is 2.29. The van der Waals surface area contributed by atoms with E-state index in [1.54, 1.807) is 48.5 Å². The normalized spacial score (nSPS) is 13.0. The second kappa shape index (κ2) is 7.61. The van der Waals surface area contributed by atoms with Crippen LogP contribution in [0.3, 0.4) is 0 Å². The molecule has 25 heavy (non-hydrogen) atoms. The van der Waals surface area contributed by atoms with E-state index in [0.717, 1.165) is 12.8 Å². The Morgan fingerprint density at radius 3 is 2.32 bits per heavy atom. The summed E-state index contributed by atoms with van der Waals surface area (Å²) in [5, 5.41) is 8.14. The van der Waals surface area contributed by atoms with Crippen molar-refractivity contribution in [2.75, 3.05) is 11.9 Å². The molecular formula is C19H19N3O3. The van der Waals surface area contributed by atoms with E-state index in [4.69, 9.17) is 0 Å². The number of rotatable bonds is 6. The average molecular weight is 337 g/mol. The Labute approximate surface area is 145 Å². The van der Waals surface area contributed by atoms with Gasteiger partial charge in [-0.2, -0.15) is 0 Å². The molecule has 0 atom stereocenters. The van der Waals surface area contributed by atoms with Crippen LogP contribution in [-0.2, 0) is 4.79 Å². The number of carbonyl (C=O) groups excluding carboxylic acids is 3.